The van der Waals surface area contributed by atoms with E-state index in [1.165, 1.54) is 10.7 Å². The van der Waals surface area contributed by atoms with E-state index in [1.807, 2.05) is 4.90 Å². The van der Waals surface area contributed by atoms with Crippen LogP contribution in [-0.4, -0.2) is 57.1 Å². The number of aromatic nitrogens is 4. The maximum absolute atomic E-state index is 13.6. The number of hydrogen-bond donors (Lipinski definition) is 1. The highest BCUT2D eigenvalue weighted by molar-refractivity contribution is 5.94. The molecule has 3 heterocycles. The van der Waals surface area contributed by atoms with Crippen LogP contribution < -0.4 is 5.56 Å². The molecular weight excluding hydrogens is 444 g/mol. The zero-order valence-electron chi connectivity index (χ0n) is 18.3. The molecule has 0 radical (unpaired) electrons. The second kappa shape index (κ2) is 8.79. The van der Waals surface area contributed by atoms with E-state index in [0.717, 1.165) is 25.0 Å². The lowest BCUT2D eigenvalue weighted by atomic mass is 10.1. The number of hydrogen-bond acceptors (Lipinski definition) is 5. The number of amides is 1. The number of likely N-dealkylation sites (tertiary alicyclic amines) is 1. The number of fused-ring (bicyclic) bond motifs is 1. The van der Waals surface area contributed by atoms with Crippen molar-refractivity contribution in [2.24, 2.45) is 0 Å². The molecule has 1 amide bonds. The second-order valence-corrected chi connectivity index (χ2v) is 8.21. The quantitative estimate of drug-likeness (QED) is 0.488. The summed E-state index contributed by atoms with van der Waals surface area (Å²) >= 11 is 0. The first-order chi connectivity index (χ1) is 16.4. The molecule has 5 rings (SSSR count). The molecule has 0 spiro atoms. The maximum atomic E-state index is 13.6. The van der Waals surface area contributed by atoms with Gasteiger partial charge in [0.1, 0.15) is 5.69 Å². The summed E-state index contributed by atoms with van der Waals surface area (Å²) in [6.07, 6.45) is 3.44. The van der Waals surface area contributed by atoms with E-state index >= 15 is 0 Å². The second-order valence-electron chi connectivity index (χ2n) is 8.21. The molecule has 4 aromatic rings. The number of nitrogens with one attached hydrogen (secondary N) is 1. The molecule has 174 valence electrons. The van der Waals surface area contributed by atoms with Gasteiger partial charge in [0.15, 0.2) is 11.6 Å². The van der Waals surface area contributed by atoms with E-state index in [9.17, 15) is 18.4 Å². The van der Waals surface area contributed by atoms with Crippen molar-refractivity contribution in [3.8, 4) is 16.9 Å². The number of rotatable bonds is 5. The first kappa shape index (κ1) is 21.9. The van der Waals surface area contributed by atoms with Crippen molar-refractivity contribution >= 4 is 16.8 Å². The summed E-state index contributed by atoms with van der Waals surface area (Å²) in [6.45, 7) is 1.22. The van der Waals surface area contributed by atoms with Gasteiger partial charge in [-0.25, -0.2) is 13.5 Å². The molecule has 0 aliphatic carbocycles. The number of benzene rings is 2. The Labute approximate surface area is 192 Å². The summed E-state index contributed by atoms with van der Waals surface area (Å²) in [7, 11) is 1.63. The lowest BCUT2D eigenvalue weighted by molar-refractivity contribution is 0.0630. The highest BCUT2D eigenvalue weighted by Gasteiger charge is 2.29. The SMILES string of the molecule is COC[C@H]1CCCN1C(=O)c1ccc(-n2cc(-c3cc4cc(F)c(F)cc4[nH]c3=O)nn2)cc1. The number of aromatic amines is 1. The van der Waals surface area contributed by atoms with Crippen LogP contribution in [0.25, 0.3) is 27.8 Å². The lowest BCUT2D eigenvalue weighted by Gasteiger charge is -2.24. The number of halogens is 2. The zero-order chi connectivity index (χ0) is 23.8. The first-order valence-corrected chi connectivity index (χ1v) is 10.8. The molecule has 34 heavy (non-hydrogen) atoms. The molecule has 2 aromatic carbocycles. The number of H-pyrrole nitrogens is 1. The fraction of sp³-hybridized carbons (Fsp3) is 0.250. The van der Waals surface area contributed by atoms with Gasteiger partial charge in [0, 0.05) is 30.7 Å². The predicted molar refractivity (Wildman–Crippen MR) is 121 cm³/mol. The predicted octanol–water partition coefficient (Wildman–Crippen LogP) is 3.31. The van der Waals surface area contributed by atoms with Crippen LogP contribution in [-0.2, 0) is 4.74 Å². The van der Waals surface area contributed by atoms with Crippen molar-refractivity contribution in [1.82, 2.24) is 24.9 Å². The maximum Gasteiger partial charge on any atom is 0.258 e. The molecule has 1 aliphatic rings. The fourth-order valence-corrected chi connectivity index (χ4v) is 4.30. The Kier molecular flexibility index (Phi) is 5.66. The molecule has 1 N–H and O–H groups in total. The van der Waals surface area contributed by atoms with Gasteiger partial charge in [0.05, 0.1) is 35.6 Å². The number of carbonyl (C=O) groups excluding carboxylic acids is 1. The molecule has 1 aliphatic heterocycles. The summed E-state index contributed by atoms with van der Waals surface area (Å²) < 4.78 is 33.8. The van der Waals surface area contributed by atoms with Crippen molar-refractivity contribution in [2.45, 2.75) is 18.9 Å². The molecule has 2 aromatic heterocycles. The van der Waals surface area contributed by atoms with Crippen molar-refractivity contribution in [3.63, 3.8) is 0 Å². The number of nitrogens with zero attached hydrogens (tertiary/aromatic N) is 4. The van der Waals surface area contributed by atoms with Gasteiger partial charge >= 0.3 is 0 Å². The Morgan fingerprint density at radius 2 is 1.94 bits per heavy atom. The summed E-state index contributed by atoms with van der Waals surface area (Å²) in [6, 6.07) is 10.4. The molecule has 0 saturated carbocycles. The van der Waals surface area contributed by atoms with Crippen LogP contribution in [0.2, 0.25) is 0 Å². The third-order valence-electron chi connectivity index (χ3n) is 6.03. The minimum Gasteiger partial charge on any atom is -0.383 e. The first-order valence-electron chi connectivity index (χ1n) is 10.8. The van der Waals surface area contributed by atoms with E-state index in [1.54, 1.807) is 37.6 Å². The molecule has 1 saturated heterocycles. The van der Waals surface area contributed by atoms with Crippen LogP contribution in [0.3, 0.4) is 0 Å². The number of pyridine rings is 1. The van der Waals surface area contributed by atoms with Gasteiger partial charge in [0.25, 0.3) is 11.5 Å². The van der Waals surface area contributed by atoms with Gasteiger partial charge in [-0.05, 0) is 49.2 Å². The van der Waals surface area contributed by atoms with E-state index in [-0.39, 0.29) is 28.7 Å². The topological polar surface area (TPSA) is 93.1 Å². The smallest absolute Gasteiger partial charge is 0.258 e. The minimum absolute atomic E-state index is 0.0447. The zero-order valence-corrected chi connectivity index (χ0v) is 18.3. The van der Waals surface area contributed by atoms with Gasteiger partial charge in [-0.1, -0.05) is 5.21 Å². The average Bonchev–Trinajstić information content (AvgIpc) is 3.50. The molecule has 1 fully saturated rings. The summed E-state index contributed by atoms with van der Waals surface area (Å²) in [5, 5.41) is 8.46. The van der Waals surface area contributed by atoms with Gasteiger partial charge < -0.3 is 14.6 Å². The van der Waals surface area contributed by atoms with Crippen molar-refractivity contribution < 1.29 is 18.3 Å². The molecular formula is C24H21F2N5O3. The number of methoxy groups -OCH3 is 1. The van der Waals surface area contributed by atoms with Gasteiger partial charge in [-0.2, -0.15) is 0 Å². The van der Waals surface area contributed by atoms with Crippen LogP contribution in [0.5, 0.6) is 0 Å². The number of ether oxygens (including phenoxy) is 1. The third kappa shape index (κ3) is 3.96. The normalized spacial score (nSPS) is 15.9. The van der Waals surface area contributed by atoms with Crippen molar-refractivity contribution in [2.75, 3.05) is 20.3 Å². The lowest BCUT2D eigenvalue weighted by Crippen LogP contribution is -2.38. The summed E-state index contributed by atoms with van der Waals surface area (Å²) in [5.74, 6) is -2.09. The molecule has 1 atom stereocenters. The van der Waals surface area contributed by atoms with Gasteiger partial charge in [0.2, 0.25) is 0 Å². The van der Waals surface area contributed by atoms with Crippen LogP contribution >= 0.6 is 0 Å². The third-order valence-corrected chi connectivity index (χ3v) is 6.03. The molecule has 10 heteroatoms. The summed E-state index contributed by atoms with van der Waals surface area (Å²) in [4.78, 5) is 29.8. The Balaban J connectivity index is 1.40. The Morgan fingerprint density at radius 1 is 1.18 bits per heavy atom. The average molecular weight is 465 g/mol. The van der Waals surface area contributed by atoms with Crippen LogP contribution in [0.15, 0.2) is 53.5 Å². The molecule has 0 bridgehead atoms. The van der Waals surface area contributed by atoms with Gasteiger partial charge in [-0.15, -0.1) is 5.10 Å². The van der Waals surface area contributed by atoms with E-state index < -0.39 is 17.2 Å². The highest BCUT2D eigenvalue weighted by Crippen LogP contribution is 2.23. The molecule has 0 unspecified atom stereocenters. The van der Waals surface area contributed by atoms with Crippen LogP contribution in [0, 0.1) is 11.6 Å². The van der Waals surface area contributed by atoms with Crippen LogP contribution in [0.4, 0.5) is 8.78 Å². The Hall–Kier alpha value is -3.92. The van der Waals surface area contributed by atoms with E-state index in [2.05, 4.69) is 15.3 Å². The summed E-state index contributed by atoms with van der Waals surface area (Å²) in [5.41, 5.74) is 1.35. The highest BCUT2D eigenvalue weighted by atomic mass is 19.2. The monoisotopic (exact) mass is 465 g/mol. The largest absolute Gasteiger partial charge is 0.383 e. The van der Waals surface area contributed by atoms with Crippen molar-refractivity contribution in [3.05, 3.63) is 76.2 Å². The Morgan fingerprint density at radius 3 is 2.71 bits per heavy atom. The van der Waals surface area contributed by atoms with E-state index in [4.69, 9.17) is 4.74 Å². The van der Waals surface area contributed by atoms with Crippen LogP contribution in [0.1, 0.15) is 23.2 Å². The van der Waals surface area contributed by atoms with Gasteiger partial charge in [-0.3, -0.25) is 9.59 Å². The van der Waals surface area contributed by atoms with Crippen molar-refractivity contribution in [1.29, 1.82) is 0 Å². The number of carbonyl (C=O) groups is 1. The molecule has 8 nitrogen and oxygen atoms in total. The minimum atomic E-state index is -1.04. The Bertz CT molecular complexity index is 1430. The fourth-order valence-electron chi connectivity index (χ4n) is 4.30. The standard InChI is InChI=1S/C24H21F2N5O3/c1-34-13-17-3-2-8-30(17)24(33)14-4-6-16(7-5-14)31-12-22(28-29-31)18-9-15-10-19(25)20(26)11-21(15)27-23(18)32/h4-7,9-12,17H,2-3,8,13H2,1H3,(H,27,32)/t17-/m1/s1. The van der Waals surface area contributed by atoms with E-state index in [0.29, 0.717) is 29.8 Å².